The van der Waals surface area contributed by atoms with E-state index in [1.807, 2.05) is 0 Å². The van der Waals surface area contributed by atoms with E-state index in [-0.39, 0.29) is 6.04 Å². The summed E-state index contributed by atoms with van der Waals surface area (Å²) in [6.45, 7) is 1.17. The summed E-state index contributed by atoms with van der Waals surface area (Å²) in [5, 5.41) is 2.58. The number of fused-ring (bicyclic) bond motifs is 1. The van der Waals surface area contributed by atoms with Gasteiger partial charge in [0.25, 0.3) is 0 Å². The number of hydrogen-bond donors (Lipinski definition) is 1. The number of hydrogen-bond acceptors (Lipinski definition) is 2. The zero-order chi connectivity index (χ0) is 12.5. The minimum Gasteiger partial charge on any atom is -0.323 e. The molecule has 1 aliphatic rings. The molecule has 94 valence electrons. The minimum atomic E-state index is 0.114. The lowest BCUT2D eigenvalue weighted by Gasteiger charge is -2.27. The summed E-state index contributed by atoms with van der Waals surface area (Å²) >= 11 is 0. The van der Waals surface area contributed by atoms with Gasteiger partial charge in [-0.25, -0.2) is 0 Å². The summed E-state index contributed by atoms with van der Waals surface area (Å²) in [6, 6.07) is 15.6. The largest absolute Gasteiger partial charge is 0.323 e. The molecule has 1 fully saturated rings. The zero-order valence-electron chi connectivity index (χ0n) is 10.8. The number of nitrogens with zero attached hydrogens (tertiary/aromatic N) is 1. The van der Waals surface area contributed by atoms with Crippen LogP contribution < -0.4 is 5.73 Å². The van der Waals surface area contributed by atoms with Gasteiger partial charge in [0, 0.05) is 12.1 Å². The summed E-state index contributed by atoms with van der Waals surface area (Å²) in [6.07, 6.45) is 2.47. The first-order valence-corrected chi connectivity index (χ1v) is 6.71. The van der Waals surface area contributed by atoms with Crippen molar-refractivity contribution in [3.05, 3.63) is 48.0 Å². The first-order chi connectivity index (χ1) is 8.77. The maximum absolute atomic E-state index is 6.52. The molecule has 0 radical (unpaired) electrons. The van der Waals surface area contributed by atoms with E-state index in [9.17, 15) is 0 Å². The lowest BCUT2D eigenvalue weighted by molar-refractivity contribution is 0.274. The van der Waals surface area contributed by atoms with Crippen LogP contribution in [0.5, 0.6) is 0 Å². The predicted molar refractivity (Wildman–Crippen MR) is 76.5 cm³/mol. The van der Waals surface area contributed by atoms with Crippen LogP contribution in [0, 0.1) is 0 Å². The summed E-state index contributed by atoms with van der Waals surface area (Å²) < 4.78 is 0. The molecule has 18 heavy (non-hydrogen) atoms. The van der Waals surface area contributed by atoms with E-state index in [1.165, 1.54) is 35.7 Å². The molecule has 0 spiro atoms. The van der Waals surface area contributed by atoms with Crippen molar-refractivity contribution in [2.75, 3.05) is 13.6 Å². The summed E-state index contributed by atoms with van der Waals surface area (Å²) in [7, 11) is 2.18. The van der Waals surface area contributed by atoms with Gasteiger partial charge in [0.05, 0.1) is 0 Å². The number of nitrogens with two attached hydrogens (primary N) is 1. The van der Waals surface area contributed by atoms with Crippen LogP contribution in [0.3, 0.4) is 0 Å². The maximum Gasteiger partial charge on any atom is 0.0459 e. The molecule has 2 aromatic carbocycles. The van der Waals surface area contributed by atoms with Gasteiger partial charge in [0.15, 0.2) is 0 Å². The number of rotatable bonds is 2. The smallest absolute Gasteiger partial charge is 0.0459 e. The average molecular weight is 240 g/mol. The number of likely N-dealkylation sites (tertiary alicyclic amines) is 1. The first-order valence-electron chi connectivity index (χ1n) is 6.71. The topological polar surface area (TPSA) is 29.3 Å². The third-order valence-corrected chi connectivity index (χ3v) is 4.17. The monoisotopic (exact) mass is 240 g/mol. The summed E-state index contributed by atoms with van der Waals surface area (Å²) in [4.78, 5) is 2.40. The molecule has 0 aromatic heterocycles. The molecule has 0 amide bonds. The minimum absolute atomic E-state index is 0.114. The van der Waals surface area contributed by atoms with Crippen molar-refractivity contribution in [3.63, 3.8) is 0 Å². The van der Waals surface area contributed by atoms with E-state index in [0.717, 1.165) is 0 Å². The van der Waals surface area contributed by atoms with Gasteiger partial charge in [-0.05, 0) is 42.8 Å². The van der Waals surface area contributed by atoms with Crippen LogP contribution in [-0.4, -0.2) is 24.5 Å². The number of benzene rings is 2. The first kappa shape index (κ1) is 11.7. The van der Waals surface area contributed by atoms with Crippen LogP contribution in [-0.2, 0) is 0 Å². The van der Waals surface area contributed by atoms with Gasteiger partial charge in [-0.1, -0.05) is 42.5 Å². The molecule has 0 saturated carbocycles. The molecular formula is C16H20N2. The van der Waals surface area contributed by atoms with E-state index in [0.29, 0.717) is 6.04 Å². The van der Waals surface area contributed by atoms with E-state index >= 15 is 0 Å². The molecule has 1 saturated heterocycles. The Bertz CT molecular complexity index is 544. The Balaban J connectivity index is 2.03. The Labute approximate surface area is 108 Å². The highest BCUT2D eigenvalue weighted by Gasteiger charge is 2.28. The van der Waals surface area contributed by atoms with Gasteiger partial charge in [-0.3, -0.25) is 0 Å². The van der Waals surface area contributed by atoms with Gasteiger partial charge < -0.3 is 10.6 Å². The van der Waals surface area contributed by atoms with Crippen LogP contribution in [0.2, 0.25) is 0 Å². The summed E-state index contributed by atoms with van der Waals surface area (Å²) in [5.74, 6) is 0. The highest BCUT2D eigenvalue weighted by atomic mass is 15.2. The van der Waals surface area contributed by atoms with E-state index in [4.69, 9.17) is 5.73 Å². The van der Waals surface area contributed by atoms with Crippen molar-refractivity contribution in [2.24, 2.45) is 5.73 Å². The lowest BCUT2D eigenvalue weighted by atomic mass is 9.93. The van der Waals surface area contributed by atoms with Crippen molar-refractivity contribution >= 4 is 10.8 Å². The molecule has 2 nitrogen and oxygen atoms in total. The fraction of sp³-hybridized carbons (Fsp3) is 0.375. The molecule has 3 rings (SSSR count). The zero-order valence-corrected chi connectivity index (χ0v) is 10.8. The third kappa shape index (κ3) is 1.92. The summed E-state index contributed by atoms with van der Waals surface area (Å²) in [5.41, 5.74) is 7.80. The Morgan fingerprint density at radius 3 is 2.72 bits per heavy atom. The third-order valence-electron chi connectivity index (χ3n) is 4.17. The normalized spacial score (nSPS) is 22.4. The Hall–Kier alpha value is -1.38. The van der Waals surface area contributed by atoms with Gasteiger partial charge in [-0.2, -0.15) is 0 Å². The second kappa shape index (κ2) is 4.71. The van der Waals surface area contributed by atoms with Crippen LogP contribution >= 0.6 is 0 Å². The fourth-order valence-electron chi connectivity index (χ4n) is 3.14. The SMILES string of the molecule is CN1CCC[C@H]1C(N)c1cccc2ccccc12. The fourth-order valence-corrected chi connectivity index (χ4v) is 3.14. The molecule has 2 heteroatoms. The molecule has 0 aliphatic carbocycles. The second-order valence-electron chi connectivity index (χ2n) is 5.28. The molecular weight excluding hydrogens is 220 g/mol. The quantitative estimate of drug-likeness (QED) is 0.874. The van der Waals surface area contributed by atoms with Gasteiger partial charge in [-0.15, -0.1) is 0 Å². The maximum atomic E-state index is 6.52. The van der Waals surface area contributed by atoms with E-state index in [2.05, 4.69) is 54.4 Å². The van der Waals surface area contributed by atoms with Crippen LogP contribution in [0.25, 0.3) is 10.8 Å². The van der Waals surface area contributed by atoms with Crippen molar-refractivity contribution in [3.8, 4) is 0 Å². The molecule has 1 aliphatic heterocycles. The second-order valence-corrected chi connectivity index (χ2v) is 5.28. The average Bonchev–Trinajstić information content (AvgIpc) is 2.83. The highest BCUT2D eigenvalue weighted by Crippen LogP contribution is 2.30. The highest BCUT2D eigenvalue weighted by molar-refractivity contribution is 5.86. The molecule has 1 heterocycles. The Morgan fingerprint density at radius 1 is 1.17 bits per heavy atom. The molecule has 2 aromatic rings. The lowest BCUT2D eigenvalue weighted by Crippen LogP contribution is -2.35. The standard InChI is InChI=1S/C16H20N2/c1-18-11-5-10-15(18)16(17)14-9-4-7-12-6-2-3-8-13(12)14/h2-4,6-9,15-16H,5,10-11,17H2,1H3/t15-,16?/m0/s1. The van der Waals surface area contributed by atoms with Crippen molar-refractivity contribution in [2.45, 2.75) is 24.9 Å². The van der Waals surface area contributed by atoms with Crippen molar-refractivity contribution in [1.29, 1.82) is 0 Å². The van der Waals surface area contributed by atoms with Gasteiger partial charge in [0.1, 0.15) is 0 Å². The van der Waals surface area contributed by atoms with Crippen LogP contribution in [0.15, 0.2) is 42.5 Å². The molecule has 1 unspecified atom stereocenters. The van der Waals surface area contributed by atoms with E-state index < -0.39 is 0 Å². The molecule has 0 bridgehead atoms. The predicted octanol–water partition coefficient (Wildman–Crippen LogP) is 2.93. The Kier molecular flexibility index (Phi) is 3.06. The van der Waals surface area contributed by atoms with Crippen LogP contribution in [0.4, 0.5) is 0 Å². The number of likely N-dealkylation sites (N-methyl/N-ethyl adjacent to an activating group) is 1. The van der Waals surface area contributed by atoms with E-state index in [1.54, 1.807) is 0 Å². The van der Waals surface area contributed by atoms with Crippen molar-refractivity contribution < 1.29 is 0 Å². The molecule has 2 N–H and O–H groups in total. The van der Waals surface area contributed by atoms with Crippen LogP contribution in [0.1, 0.15) is 24.4 Å². The van der Waals surface area contributed by atoms with Crippen molar-refractivity contribution in [1.82, 2.24) is 4.90 Å². The van der Waals surface area contributed by atoms with Gasteiger partial charge in [0.2, 0.25) is 0 Å². The Morgan fingerprint density at radius 2 is 1.94 bits per heavy atom. The van der Waals surface area contributed by atoms with Gasteiger partial charge >= 0.3 is 0 Å². The molecule has 2 atom stereocenters.